The Morgan fingerprint density at radius 1 is 1.09 bits per heavy atom. The molecule has 1 nitrogen and oxygen atoms in total. The summed E-state index contributed by atoms with van der Waals surface area (Å²) in [6.07, 6.45) is -5.31. The van der Waals surface area contributed by atoms with Crippen molar-refractivity contribution >= 4 is 21.7 Å². The quantitative estimate of drug-likeness (QED) is 0.531. The molecule has 0 unspecified atom stereocenters. The van der Waals surface area contributed by atoms with Gasteiger partial charge >= 0.3 is 6.18 Å². The lowest BCUT2D eigenvalue weighted by Gasteiger charge is -2.10. The minimum Gasteiger partial charge on any atom is -0.294 e. The molecular weight excluding hydrogens is 371 g/mol. The second-order valence-corrected chi connectivity index (χ2v) is 5.36. The lowest BCUT2D eigenvalue weighted by Crippen LogP contribution is -2.11. The molecule has 0 aliphatic carbocycles. The zero-order chi connectivity index (χ0) is 16.5. The molecule has 0 aromatic heterocycles. The molecule has 2 aromatic carbocycles. The van der Waals surface area contributed by atoms with Crippen molar-refractivity contribution in [2.45, 2.75) is 12.6 Å². The number of Topliss-reactive ketones (excluding diaryl/α,β-unsaturated/α-hetero) is 1. The highest BCUT2D eigenvalue weighted by atomic mass is 79.9. The molecule has 0 N–H and O–H groups in total. The van der Waals surface area contributed by atoms with Crippen LogP contribution in [-0.4, -0.2) is 5.78 Å². The molecule has 0 amide bonds. The summed E-state index contributed by atoms with van der Waals surface area (Å²) in [5.74, 6) is -2.59. The van der Waals surface area contributed by atoms with E-state index >= 15 is 0 Å². The van der Waals surface area contributed by atoms with Crippen molar-refractivity contribution in [2.24, 2.45) is 0 Å². The predicted octanol–water partition coefficient (Wildman–Crippen LogP) is 5.17. The second kappa shape index (κ2) is 6.16. The van der Waals surface area contributed by atoms with Crippen LogP contribution in [0.25, 0.3) is 0 Å². The van der Waals surface area contributed by atoms with Crippen molar-refractivity contribution in [3.8, 4) is 0 Å². The van der Waals surface area contributed by atoms with Crippen LogP contribution >= 0.6 is 15.9 Å². The number of hydrogen-bond acceptors (Lipinski definition) is 1. The maximum Gasteiger partial charge on any atom is 0.416 e. The van der Waals surface area contributed by atoms with Gasteiger partial charge in [0, 0.05) is 6.42 Å². The minimum atomic E-state index is -4.65. The van der Waals surface area contributed by atoms with Crippen molar-refractivity contribution in [1.82, 2.24) is 0 Å². The third kappa shape index (κ3) is 3.52. The van der Waals surface area contributed by atoms with Crippen LogP contribution in [0.15, 0.2) is 40.9 Å². The van der Waals surface area contributed by atoms with Crippen LogP contribution in [0.1, 0.15) is 21.5 Å². The first-order valence-electron chi connectivity index (χ1n) is 6.03. The number of ketones is 1. The van der Waals surface area contributed by atoms with E-state index in [1.807, 2.05) is 0 Å². The van der Waals surface area contributed by atoms with Gasteiger partial charge in [-0.2, -0.15) is 13.2 Å². The largest absolute Gasteiger partial charge is 0.416 e. The first-order chi connectivity index (χ1) is 10.2. The van der Waals surface area contributed by atoms with Crippen molar-refractivity contribution < 1.29 is 26.7 Å². The SMILES string of the molecule is O=C(Cc1cc(C(F)(F)F)ccc1F)c1cccc(Br)c1F. The van der Waals surface area contributed by atoms with Gasteiger partial charge in [0.2, 0.25) is 0 Å². The third-order valence-corrected chi connectivity index (χ3v) is 3.59. The van der Waals surface area contributed by atoms with Crippen LogP contribution in [0.2, 0.25) is 0 Å². The van der Waals surface area contributed by atoms with Crippen LogP contribution in [0.3, 0.4) is 0 Å². The van der Waals surface area contributed by atoms with E-state index in [2.05, 4.69) is 15.9 Å². The first-order valence-corrected chi connectivity index (χ1v) is 6.82. The number of hydrogen-bond donors (Lipinski definition) is 0. The predicted molar refractivity (Wildman–Crippen MR) is 73.5 cm³/mol. The van der Waals surface area contributed by atoms with Gasteiger partial charge in [-0.3, -0.25) is 4.79 Å². The molecule has 2 rings (SSSR count). The minimum absolute atomic E-state index is 0.0443. The summed E-state index contributed by atoms with van der Waals surface area (Å²) in [6.45, 7) is 0. The van der Waals surface area contributed by atoms with Gasteiger partial charge < -0.3 is 0 Å². The number of alkyl halides is 3. The number of carbonyl (C=O) groups is 1. The van der Waals surface area contributed by atoms with Gasteiger partial charge in [-0.25, -0.2) is 8.78 Å². The Labute approximate surface area is 130 Å². The van der Waals surface area contributed by atoms with Gasteiger partial charge in [0.25, 0.3) is 0 Å². The lowest BCUT2D eigenvalue weighted by molar-refractivity contribution is -0.137. The summed E-state index contributed by atoms with van der Waals surface area (Å²) in [5.41, 5.74) is -1.81. The average molecular weight is 379 g/mol. The van der Waals surface area contributed by atoms with Gasteiger partial charge in [0.1, 0.15) is 11.6 Å². The number of carbonyl (C=O) groups excluding carboxylic acids is 1. The van der Waals surface area contributed by atoms with Crippen molar-refractivity contribution in [3.63, 3.8) is 0 Å². The van der Waals surface area contributed by atoms with E-state index in [0.717, 1.165) is 0 Å². The van der Waals surface area contributed by atoms with E-state index < -0.39 is 41.1 Å². The zero-order valence-electron chi connectivity index (χ0n) is 10.8. The summed E-state index contributed by atoms with van der Waals surface area (Å²) in [7, 11) is 0. The van der Waals surface area contributed by atoms with Crippen LogP contribution in [0, 0.1) is 11.6 Å². The molecule has 116 valence electrons. The molecule has 0 bridgehead atoms. The summed E-state index contributed by atoms with van der Waals surface area (Å²) >= 11 is 2.90. The summed E-state index contributed by atoms with van der Waals surface area (Å²) in [4.78, 5) is 12.0. The summed E-state index contributed by atoms with van der Waals surface area (Å²) in [6, 6.07) is 5.75. The average Bonchev–Trinajstić information content (AvgIpc) is 2.43. The Morgan fingerprint density at radius 3 is 2.41 bits per heavy atom. The Balaban J connectivity index is 2.34. The standard InChI is InChI=1S/C15H8BrF5O/c16-11-3-1-2-10(14(11)18)13(22)7-8-6-9(15(19,20)21)4-5-12(8)17/h1-6H,7H2. The number of benzene rings is 2. The van der Waals surface area contributed by atoms with Crippen LogP contribution in [-0.2, 0) is 12.6 Å². The van der Waals surface area contributed by atoms with E-state index in [4.69, 9.17) is 0 Å². The normalized spacial score (nSPS) is 11.5. The van der Waals surface area contributed by atoms with Gasteiger partial charge in [-0.1, -0.05) is 6.07 Å². The van der Waals surface area contributed by atoms with Crippen LogP contribution in [0.5, 0.6) is 0 Å². The van der Waals surface area contributed by atoms with Crippen molar-refractivity contribution in [1.29, 1.82) is 0 Å². The topological polar surface area (TPSA) is 17.1 Å². The molecule has 0 saturated heterocycles. The molecule has 0 aliphatic heterocycles. The molecule has 22 heavy (non-hydrogen) atoms. The van der Waals surface area contributed by atoms with E-state index in [9.17, 15) is 26.7 Å². The van der Waals surface area contributed by atoms with Crippen LogP contribution in [0.4, 0.5) is 22.0 Å². The van der Waals surface area contributed by atoms with Gasteiger partial charge in [-0.05, 0) is 51.8 Å². The molecule has 0 aliphatic rings. The van der Waals surface area contributed by atoms with Gasteiger partial charge in [0.15, 0.2) is 5.78 Å². The zero-order valence-corrected chi connectivity index (χ0v) is 12.4. The fourth-order valence-electron chi connectivity index (χ4n) is 1.87. The fraction of sp³-hybridized carbons (Fsp3) is 0.133. The Hall–Kier alpha value is -1.76. The van der Waals surface area contributed by atoms with Gasteiger partial charge in [-0.15, -0.1) is 0 Å². The molecule has 0 atom stereocenters. The molecule has 0 spiro atoms. The molecule has 0 saturated carbocycles. The third-order valence-electron chi connectivity index (χ3n) is 2.98. The van der Waals surface area contributed by atoms with E-state index in [-0.39, 0.29) is 10.0 Å². The van der Waals surface area contributed by atoms with Crippen molar-refractivity contribution in [2.75, 3.05) is 0 Å². The van der Waals surface area contributed by atoms with Gasteiger partial charge in [0.05, 0.1) is 15.6 Å². The highest BCUT2D eigenvalue weighted by molar-refractivity contribution is 9.10. The molecule has 0 heterocycles. The maximum atomic E-state index is 13.8. The molecule has 0 radical (unpaired) electrons. The number of rotatable bonds is 3. The fourth-order valence-corrected chi connectivity index (χ4v) is 2.24. The lowest BCUT2D eigenvalue weighted by atomic mass is 10.0. The molecule has 2 aromatic rings. The monoisotopic (exact) mass is 378 g/mol. The Kier molecular flexibility index (Phi) is 4.65. The highest BCUT2D eigenvalue weighted by Crippen LogP contribution is 2.31. The molecule has 7 heteroatoms. The molecule has 0 fully saturated rings. The van der Waals surface area contributed by atoms with E-state index in [1.165, 1.54) is 18.2 Å². The summed E-state index contributed by atoms with van der Waals surface area (Å²) < 4.78 is 65.2. The first kappa shape index (κ1) is 16.6. The Morgan fingerprint density at radius 2 is 1.77 bits per heavy atom. The molecular formula is C15H8BrF5O. The smallest absolute Gasteiger partial charge is 0.294 e. The van der Waals surface area contributed by atoms with Crippen LogP contribution < -0.4 is 0 Å². The number of halogens is 6. The van der Waals surface area contributed by atoms with Crippen molar-refractivity contribution in [3.05, 3.63) is 69.2 Å². The second-order valence-electron chi connectivity index (χ2n) is 4.51. The maximum absolute atomic E-state index is 13.8. The van der Waals surface area contributed by atoms with E-state index in [1.54, 1.807) is 0 Å². The van der Waals surface area contributed by atoms with E-state index in [0.29, 0.717) is 18.2 Å². The highest BCUT2D eigenvalue weighted by Gasteiger charge is 2.31. The Bertz CT molecular complexity index is 724. The summed E-state index contributed by atoms with van der Waals surface area (Å²) in [5, 5.41) is 0.